The number of pyridine rings is 1. The third-order valence-electron chi connectivity index (χ3n) is 2.53. The largest absolute Gasteiger partial charge is 0.312 e. The number of hydrogen-bond donors (Lipinski definition) is 0. The Balaban J connectivity index is 2.56. The lowest BCUT2D eigenvalue weighted by molar-refractivity contribution is -0.107. The molecule has 2 rings (SSSR count). The van der Waals surface area contributed by atoms with Crippen LogP contribution >= 0.6 is 0 Å². The number of rotatable bonds is 1. The van der Waals surface area contributed by atoms with Crippen molar-refractivity contribution >= 4 is 12.1 Å². The quantitative estimate of drug-likeness (QED) is 0.605. The molecule has 0 N–H and O–H groups in total. The number of hydrogen-bond acceptors (Lipinski definition) is 2. The third kappa shape index (κ3) is 1.11. The number of anilines is 1. The second kappa shape index (κ2) is 2.55. The van der Waals surface area contributed by atoms with Crippen molar-refractivity contribution in [2.45, 2.75) is 19.3 Å². The van der Waals surface area contributed by atoms with Crippen molar-refractivity contribution < 1.29 is 4.79 Å². The minimum absolute atomic E-state index is 0.0547. The van der Waals surface area contributed by atoms with E-state index in [0.717, 1.165) is 18.6 Å². The van der Waals surface area contributed by atoms with Gasteiger partial charge in [-0.05, 0) is 11.6 Å². The van der Waals surface area contributed by atoms with Gasteiger partial charge >= 0.3 is 0 Å². The van der Waals surface area contributed by atoms with Crippen LogP contribution in [0.3, 0.4) is 0 Å². The van der Waals surface area contributed by atoms with Gasteiger partial charge in [0.1, 0.15) is 0 Å². The molecule has 1 amide bonds. The maximum absolute atomic E-state index is 10.8. The lowest BCUT2D eigenvalue weighted by Gasteiger charge is -2.17. The molecule has 0 atom stereocenters. The van der Waals surface area contributed by atoms with Crippen molar-refractivity contribution in [2.24, 2.45) is 0 Å². The topological polar surface area (TPSA) is 33.2 Å². The fourth-order valence-electron chi connectivity index (χ4n) is 1.88. The summed E-state index contributed by atoms with van der Waals surface area (Å²) in [6.07, 6.45) is 4.39. The summed E-state index contributed by atoms with van der Waals surface area (Å²) in [4.78, 5) is 16.5. The predicted molar refractivity (Wildman–Crippen MR) is 50.7 cm³/mol. The summed E-state index contributed by atoms with van der Waals surface area (Å²) < 4.78 is 0. The molecule has 0 saturated carbocycles. The Kier molecular flexibility index (Phi) is 1.62. The Morgan fingerprint density at radius 3 is 3.08 bits per heavy atom. The molecular weight excluding hydrogens is 164 g/mol. The van der Waals surface area contributed by atoms with Crippen molar-refractivity contribution in [2.75, 3.05) is 11.4 Å². The molecular formula is C10H12N2O. The van der Waals surface area contributed by atoms with Crippen molar-refractivity contribution in [1.82, 2.24) is 4.98 Å². The van der Waals surface area contributed by atoms with E-state index in [1.54, 1.807) is 17.3 Å². The van der Waals surface area contributed by atoms with Crippen LogP contribution in [0.2, 0.25) is 0 Å². The first-order chi connectivity index (χ1) is 6.15. The van der Waals surface area contributed by atoms with Crippen LogP contribution < -0.4 is 4.90 Å². The van der Waals surface area contributed by atoms with Gasteiger partial charge < -0.3 is 4.90 Å². The minimum atomic E-state index is 0.0547. The highest BCUT2D eigenvalue weighted by Gasteiger charge is 2.34. The molecule has 0 spiro atoms. The Labute approximate surface area is 77.4 Å². The Morgan fingerprint density at radius 1 is 1.62 bits per heavy atom. The number of amides is 1. The molecule has 1 aliphatic heterocycles. The van der Waals surface area contributed by atoms with E-state index in [9.17, 15) is 4.79 Å². The van der Waals surface area contributed by atoms with Gasteiger partial charge in [0.05, 0.1) is 11.9 Å². The minimum Gasteiger partial charge on any atom is -0.312 e. The Hall–Kier alpha value is -1.38. The van der Waals surface area contributed by atoms with Crippen molar-refractivity contribution in [1.29, 1.82) is 0 Å². The number of carbonyl (C=O) groups excluding carboxylic acids is 1. The summed E-state index contributed by atoms with van der Waals surface area (Å²) in [6.45, 7) is 5.02. The predicted octanol–water partition coefficient (Wildman–Crippen LogP) is 1.34. The second-order valence-corrected chi connectivity index (χ2v) is 4.01. The molecule has 0 fully saturated rings. The van der Waals surface area contributed by atoms with E-state index in [2.05, 4.69) is 18.8 Å². The molecule has 0 aromatic carbocycles. The van der Waals surface area contributed by atoms with E-state index < -0.39 is 0 Å². The average Bonchev–Trinajstić information content (AvgIpc) is 2.39. The summed E-state index contributed by atoms with van der Waals surface area (Å²) in [7, 11) is 0. The van der Waals surface area contributed by atoms with E-state index in [-0.39, 0.29) is 5.41 Å². The molecule has 0 radical (unpaired) electrons. The van der Waals surface area contributed by atoms with Gasteiger partial charge in [0.2, 0.25) is 6.41 Å². The maximum Gasteiger partial charge on any atom is 0.214 e. The van der Waals surface area contributed by atoms with Gasteiger partial charge in [-0.1, -0.05) is 13.8 Å². The number of carbonyl (C=O) groups is 1. The molecule has 3 heteroatoms. The molecule has 1 aromatic rings. The van der Waals surface area contributed by atoms with Crippen LogP contribution in [-0.2, 0) is 10.2 Å². The van der Waals surface area contributed by atoms with Crippen LogP contribution in [0.4, 0.5) is 5.69 Å². The second-order valence-electron chi connectivity index (χ2n) is 4.01. The Bertz CT molecular complexity index is 347. The summed E-state index contributed by atoms with van der Waals surface area (Å²) >= 11 is 0. The van der Waals surface area contributed by atoms with Crippen LogP contribution in [0.25, 0.3) is 0 Å². The smallest absolute Gasteiger partial charge is 0.214 e. The highest BCUT2D eigenvalue weighted by Crippen LogP contribution is 2.38. The molecule has 0 saturated heterocycles. The van der Waals surface area contributed by atoms with Gasteiger partial charge in [-0.15, -0.1) is 0 Å². The summed E-state index contributed by atoms with van der Waals surface area (Å²) in [5, 5.41) is 0. The normalized spacial score (nSPS) is 18.5. The summed E-state index contributed by atoms with van der Waals surface area (Å²) in [6, 6.07) is 1.98. The van der Waals surface area contributed by atoms with Crippen LogP contribution in [0.1, 0.15) is 19.4 Å². The highest BCUT2D eigenvalue weighted by atomic mass is 16.1. The van der Waals surface area contributed by atoms with Gasteiger partial charge in [0.15, 0.2) is 0 Å². The first kappa shape index (κ1) is 8.23. The van der Waals surface area contributed by atoms with E-state index in [1.165, 1.54) is 5.56 Å². The van der Waals surface area contributed by atoms with Crippen LogP contribution in [0.15, 0.2) is 18.5 Å². The number of fused-ring (bicyclic) bond motifs is 1. The van der Waals surface area contributed by atoms with Gasteiger partial charge in [-0.2, -0.15) is 0 Å². The Morgan fingerprint density at radius 2 is 2.38 bits per heavy atom. The summed E-state index contributed by atoms with van der Waals surface area (Å²) in [5.74, 6) is 0. The van der Waals surface area contributed by atoms with E-state index >= 15 is 0 Å². The molecule has 0 aliphatic carbocycles. The lowest BCUT2D eigenvalue weighted by atomic mass is 9.88. The van der Waals surface area contributed by atoms with E-state index in [4.69, 9.17) is 0 Å². The fourth-order valence-corrected chi connectivity index (χ4v) is 1.88. The van der Waals surface area contributed by atoms with Gasteiger partial charge in [0, 0.05) is 18.2 Å². The fraction of sp³-hybridized carbons (Fsp3) is 0.400. The zero-order valence-electron chi connectivity index (χ0n) is 7.82. The molecule has 13 heavy (non-hydrogen) atoms. The van der Waals surface area contributed by atoms with Crippen LogP contribution in [0.5, 0.6) is 0 Å². The number of aromatic nitrogens is 1. The third-order valence-corrected chi connectivity index (χ3v) is 2.53. The SMILES string of the molecule is CC1(C)CN(C=O)c2cnccc21. The number of nitrogens with zero attached hydrogens (tertiary/aromatic N) is 2. The van der Waals surface area contributed by atoms with E-state index in [0.29, 0.717) is 0 Å². The monoisotopic (exact) mass is 176 g/mol. The van der Waals surface area contributed by atoms with Gasteiger partial charge in [0.25, 0.3) is 0 Å². The molecule has 0 bridgehead atoms. The van der Waals surface area contributed by atoms with Crippen LogP contribution in [0, 0.1) is 0 Å². The maximum atomic E-state index is 10.8. The first-order valence-corrected chi connectivity index (χ1v) is 4.31. The van der Waals surface area contributed by atoms with Gasteiger partial charge in [-0.25, -0.2) is 0 Å². The van der Waals surface area contributed by atoms with Crippen LogP contribution in [-0.4, -0.2) is 17.9 Å². The average molecular weight is 176 g/mol. The molecule has 68 valence electrons. The summed E-state index contributed by atoms with van der Waals surface area (Å²) in [5.41, 5.74) is 2.20. The van der Waals surface area contributed by atoms with Crippen molar-refractivity contribution in [3.8, 4) is 0 Å². The molecule has 2 heterocycles. The van der Waals surface area contributed by atoms with Gasteiger partial charge in [-0.3, -0.25) is 9.78 Å². The zero-order valence-corrected chi connectivity index (χ0v) is 7.82. The molecule has 1 aromatic heterocycles. The molecule has 3 nitrogen and oxygen atoms in total. The highest BCUT2D eigenvalue weighted by molar-refractivity contribution is 5.80. The molecule has 0 unspecified atom stereocenters. The first-order valence-electron chi connectivity index (χ1n) is 4.31. The zero-order chi connectivity index (χ0) is 9.47. The van der Waals surface area contributed by atoms with E-state index in [1.807, 2.05) is 6.07 Å². The lowest BCUT2D eigenvalue weighted by Crippen LogP contribution is -2.27. The standard InChI is InChI=1S/C10H12N2O/c1-10(2)6-12(7-13)9-5-11-4-3-8(9)10/h3-5,7H,6H2,1-2H3. The van der Waals surface area contributed by atoms with Crippen molar-refractivity contribution in [3.05, 3.63) is 24.0 Å². The van der Waals surface area contributed by atoms with Crippen molar-refractivity contribution in [3.63, 3.8) is 0 Å². The molecule has 1 aliphatic rings.